The highest BCUT2D eigenvalue weighted by Gasteiger charge is 2.19. The molecule has 88 valence electrons. The molecule has 0 aliphatic rings. The number of aryl methyl sites for hydroxylation is 1. The van der Waals surface area contributed by atoms with Crippen molar-refractivity contribution in [3.8, 4) is 5.75 Å². The van der Waals surface area contributed by atoms with Crippen molar-refractivity contribution in [2.75, 3.05) is 6.23 Å². The van der Waals surface area contributed by atoms with Crippen molar-refractivity contribution in [1.82, 2.24) is 0 Å². The van der Waals surface area contributed by atoms with Gasteiger partial charge in [0.05, 0.1) is 19.2 Å². The van der Waals surface area contributed by atoms with Gasteiger partial charge < -0.3 is 4.74 Å². The average molecular weight is 239 g/mol. The van der Waals surface area contributed by atoms with Crippen LogP contribution in [0.4, 0.5) is 5.69 Å². The quantitative estimate of drug-likeness (QED) is 0.460. The zero-order valence-electron chi connectivity index (χ0n) is 10.1. The van der Waals surface area contributed by atoms with Gasteiger partial charge in [0.2, 0.25) is 0 Å². The van der Waals surface area contributed by atoms with Gasteiger partial charge in [-0.25, -0.2) is 0 Å². The maximum absolute atomic E-state index is 10.8. The zero-order valence-corrected chi connectivity index (χ0v) is 11.1. The maximum atomic E-state index is 10.8. The fraction of sp³-hybridized carbons (Fsp3) is 0.455. The third-order valence-electron chi connectivity index (χ3n) is 1.97. The minimum absolute atomic E-state index is 0.0539. The van der Waals surface area contributed by atoms with Gasteiger partial charge in [-0.1, -0.05) is 25.7 Å². The molecule has 5 heteroatoms. The second-order valence-electron chi connectivity index (χ2n) is 5.08. The topological polar surface area (TPSA) is 52.4 Å². The van der Waals surface area contributed by atoms with Gasteiger partial charge in [0, 0.05) is 6.07 Å². The van der Waals surface area contributed by atoms with Crippen LogP contribution in [0.1, 0.15) is 5.56 Å². The number of nitro benzene ring substituents is 1. The van der Waals surface area contributed by atoms with Crippen molar-refractivity contribution in [3.63, 3.8) is 0 Å². The molecule has 0 bridgehead atoms. The van der Waals surface area contributed by atoms with Gasteiger partial charge in [0.15, 0.2) is 5.75 Å². The number of ether oxygens (including phenoxy) is 1. The molecule has 16 heavy (non-hydrogen) atoms. The average Bonchev–Trinajstić information content (AvgIpc) is 2.14. The van der Waals surface area contributed by atoms with E-state index in [0.29, 0.717) is 12.0 Å². The summed E-state index contributed by atoms with van der Waals surface area (Å²) < 4.78 is 5.54. The first kappa shape index (κ1) is 12.7. The lowest BCUT2D eigenvalue weighted by Gasteiger charge is -2.16. The Morgan fingerprint density at radius 2 is 2.00 bits per heavy atom. The SMILES string of the molecule is Cc1ccc(OC[Si](C)(C)C)c([N+](=O)[O-])c1. The highest BCUT2D eigenvalue weighted by molar-refractivity contribution is 6.76. The monoisotopic (exact) mass is 239 g/mol. The Hall–Kier alpha value is -1.36. The fourth-order valence-corrected chi connectivity index (χ4v) is 1.77. The molecule has 0 atom stereocenters. The molecule has 0 radical (unpaired) electrons. The predicted molar refractivity (Wildman–Crippen MR) is 66.7 cm³/mol. The van der Waals surface area contributed by atoms with Crippen LogP contribution < -0.4 is 4.74 Å². The summed E-state index contributed by atoms with van der Waals surface area (Å²) in [5, 5.41) is 10.8. The summed E-state index contributed by atoms with van der Waals surface area (Å²) in [6.45, 7) is 8.31. The first-order chi connectivity index (χ1) is 7.29. The van der Waals surface area contributed by atoms with E-state index in [1.54, 1.807) is 12.1 Å². The molecule has 1 aromatic carbocycles. The van der Waals surface area contributed by atoms with E-state index in [-0.39, 0.29) is 5.69 Å². The van der Waals surface area contributed by atoms with Crippen molar-refractivity contribution >= 4 is 13.8 Å². The van der Waals surface area contributed by atoms with Crippen molar-refractivity contribution in [2.24, 2.45) is 0 Å². The number of hydrogen-bond acceptors (Lipinski definition) is 3. The van der Waals surface area contributed by atoms with Crippen LogP contribution in [0.2, 0.25) is 19.6 Å². The van der Waals surface area contributed by atoms with Crippen LogP contribution in [0.15, 0.2) is 18.2 Å². The predicted octanol–water partition coefficient (Wildman–Crippen LogP) is 3.16. The Morgan fingerprint density at radius 3 is 2.50 bits per heavy atom. The van der Waals surface area contributed by atoms with E-state index < -0.39 is 13.0 Å². The summed E-state index contributed by atoms with van der Waals surface area (Å²) in [6.07, 6.45) is 0.594. The molecule has 0 saturated heterocycles. The van der Waals surface area contributed by atoms with E-state index in [0.717, 1.165) is 5.56 Å². The summed E-state index contributed by atoms with van der Waals surface area (Å²) in [5.41, 5.74) is 0.922. The van der Waals surface area contributed by atoms with Crippen LogP contribution in [-0.2, 0) is 0 Å². The molecule has 0 fully saturated rings. The summed E-state index contributed by atoms with van der Waals surface area (Å²) in [4.78, 5) is 10.4. The van der Waals surface area contributed by atoms with E-state index in [1.807, 2.05) is 13.0 Å². The van der Waals surface area contributed by atoms with Gasteiger partial charge in [-0.2, -0.15) is 0 Å². The Bertz CT molecular complexity index is 399. The van der Waals surface area contributed by atoms with Crippen LogP contribution in [0.5, 0.6) is 5.75 Å². The van der Waals surface area contributed by atoms with Gasteiger partial charge in [-0.15, -0.1) is 0 Å². The van der Waals surface area contributed by atoms with Crippen LogP contribution in [0.25, 0.3) is 0 Å². The number of rotatable bonds is 4. The minimum Gasteiger partial charge on any atom is -0.491 e. The Morgan fingerprint density at radius 1 is 1.38 bits per heavy atom. The molecule has 0 amide bonds. The first-order valence-corrected chi connectivity index (χ1v) is 8.88. The van der Waals surface area contributed by atoms with Crippen LogP contribution in [0.3, 0.4) is 0 Å². The molecule has 1 aromatic rings. The summed E-state index contributed by atoms with van der Waals surface area (Å²) in [7, 11) is -1.36. The Kier molecular flexibility index (Phi) is 3.69. The summed E-state index contributed by atoms with van der Waals surface area (Å²) in [5.74, 6) is 0.373. The van der Waals surface area contributed by atoms with Crippen molar-refractivity contribution in [2.45, 2.75) is 26.6 Å². The van der Waals surface area contributed by atoms with Crippen molar-refractivity contribution in [3.05, 3.63) is 33.9 Å². The van der Waals surface area contributed by atoms with Gasteiger partial charge in [-0.05, 0) is 18.6 Å². The summed E-state index contributed by atoms with van der Waals surface area (Å²) >= 11 is 0. The maximum Gasteiger partial charge on any atom is 0.311 e. The van der Waals surface area contributed by atoms with E-state index in [4.69, 9.17) is 4.74 Å². The molecular formula is C11H17NO3Si. The minimum atomic E-state index is -1.36. The molecular weight excluding hydrogens is 222 g/mol. The second kappa shape index (κ2) is 4.65. The largest absolute Gasteiger partial charge is 0.491 e. The molecule has 0 aromatic heterocycles. The number of nitrogens with zero attached hydrogens (tertiary/aromatic N) is 1. The molecule has 0 N–H and O–H groups in total. The Balaban J connectivity index is 2.91. The van der Waals surface area contributed by atoms with E-state index in [1.165, 1.54) is 0 Å². The third-order valence-corrected chi connectivity index (χ3v) is 2.98. The summed E-state index contributed by atoms with van der Waals surface area (Å²) in [6, 6.07) is 5.04. The standard InChI is InChI=1S/C11H17NO3Si/c1-9-5-6-11(10(7-9)12(13)14)15-8-16(2,3)4/h5-7H,8H2,1-4H3. The van der Waals surface area contributed by atoms with Crippen molar-refractivity contribution in [1.29, 1.82) is 0 Å². The Labute approximate surface area is 96.4 Å². The van der Waals surface area contributed by atoms with Gasteiger partial charge in [0.25, 0.3) is 0 Å². The van der Waals surface area contributed by atoms with E-state index >= 15 is 0 Å². The lowest BCUT2D eigenvalue weighted by atomic mass is 10.2. The van der Waals surface area contributed by atoms with Gasteiger partial charge in [0.1, 0.15) is 0 Å². The highest BCUT2D eigenvalue weighted by Crippen LogP contribution is 2.28. The second-order valence-corrected chi connectivity index (χ2v) is 10.5. The highest BCUT2D eigenvalue weighted by atomic mass is 28.3. The van der Waals surface area contributed by atoms with Crippen LogP contribution >= 0.6 is 0 Å². The molecule has 1 rings (SSSR count). The van der Waals surface area contributed by atoms with Crippen LogP contribution in [0, 0.1) is 17.0 Å². The molecule has 0 aliphatic carbocycles. The number of benzene rings is 1. The van der Waals surface area contributed by atoms with Gasteiger partial charge in [-0.3, -0.25) is 10.1 Å². The third kappa shape index (κ3) is 3.66. The smallest absolute Gasteiger partial charge is 0.311 e. The van der Waals surface area contributed by atoms with E-state index in [2.05, 4.69) is 19.6 Å². The van der Waals surface area contributed by atoms with Gasteiger partial charge >= 0.3 is 5.69 Å². The lowest BCUT2D eigenvalue weighted by molar-refractivity contribution is -0.385. The molecule has 0 unspecified atom stereocenters. The molecule has 0 heterocycles. The number of nitro groups is 1. The fourth-order valence-electron chi connectivity index (χ4n) is 1.19. The number of hydrogen-bond donors (Lipinski definition) is 0. The zero-order chi connectivity index (χ0) is 12.3. The molecule has 0 aliphatic heterocycles. The molecule has 4 nitrogen and oxygen atoms in total. The van der Waals surface area contributed by atoms with Crippen LogP contribution in [-0.4, -0.2) is 19.2 Å². The first-order valence-electron chi connectivity index (χ1n) is 5.17. The molecule has 0 spiro atoms. The van der Waals surface area contributed by atoms with Crippen molar-refractivity contribution < 1.29 is 9.66 Å². The molecule has 0 saturated carbocycles. The van der Waals surface area contributed by atoms with E-state index in [9.17, 15) is 10.1 Å². The normalized spacial score (nSPS) is 11.2. The lowest BCUT2D eigenvalue weighted by Crippen LogP contribution is -2.30.